The van der Waals surface area contributed by atoms with E-state index < -0.39 is 61.2 Å². The van der Waals surface area contributed by atoms with Crippen LogP contribution in [0.25, 0.3) is 0 Å². The summed E-state index contributed by atoms with van der Waals surface area (Å²) >= 11 is 0. The Kier molecular flexibility index (Phi) is 15.1. The first-order valence-electron chi connectivity index (χ1n) is 17.4. The largest absolute Gasteiger partial charge is 0.459 e. The van der Waals surface area contributed by atoms with Gasteiger partial charge in [0, 0.05) is 6.61 Å². The average molecular weight is 727 g/mol. The van der Waals surface area contributed by atoms with Crippen molar-refractivity contribution >= 4 is 23.9 Å². The lowest BCUT2D eigenvalue weighted by molar-refractivity contribution is -0.300. The molecule has 4 aromatic carbocycles. The topological polar surface area (TPSA) is 142 Å². The van der Waals surface area contributed by atoms with Gasteiger partial charge >= 0.3 is 23.9 Å². The van der Waals surface area contributed by atoms with Crippen molar-refractivity contribution in [2.75, 3.05) is 39.6 Å². The highest BCUT2D eigenvalue weighted by molar-refractivity contribution is 5.91. The second-order valence-corrected chi connectivity index (χ2v) is 11.8. The van der Waals surface area contributed by atoms with Crippen molar-refractivity contribution in [3.63, 3.8) is 0 Å². The zero-order valence-corrected chi connectivity index (χ0v) is 29.3. The Morgan fingerprint density at radius 2 is 0.887 bits per heavy atom. The van der Waals surface area contributed by atoms with Gasteiger partial charge < -0.3 is 37.9 Å². The van der Waals surface area contributed by atoms with E-state index in [-0.39, 0.29) is 35.5 Å². The molecule has 5 rings (SSSR count). The maximum Gasteiger partial charge on any atom is 0.338 e. The van der Waals surface area contributed by atoms with Crippen LogP contribution < -0.4 is 0 Å². The minimum atomic E-state index is -1.51. The van der Waals surface area contributed by atoms with E-state index >= 15 is 0 Å². The van der Waals surface area contributed by atoms with Gasteiger partial charge in [0.15, 0.2) is 24.6 Å². The smallest absolute Gasteiger partial charge is 0.338 e. The predicted octanol–water partition coefficient (Wildman–Crippen LogP) is 5.70. The molecule has 53 heavy (non-hydrogen) atoms. The molecular weight excluding hydrogens is 684 g/mol. The van der Waals surface area contributed by atoms with Crippen LogP contribution in [0.2, 0.25) is 0 Å². The Hall–Kier alpha value is -5.40. The first kappa shape index (κ1) is 38.8. The summed E-state index contributed by atoms with van der Waals surface area (Å²) < 4.78 is 47.3. The van der Waals surface area contributed by atoms with E-state index in [4.69, 9.17) is 37.9 Å². The van der Waals surface area contributed by atoms with E-state index in [1.807, 2.05) is 6.92 Å². The Labute approximate surface area is 307 Å². The average Bonchev–Trinajstić information content (AvgIpc) is 3.21. The highest BCUT2D eigenvalue weighted by Gasteiger charge is 2.53. The number of ether oxygens (including phenoxy) is 8. The third kappa shape index (κ3) is 11.5. The van der Waals surface area contributed by atoms with Gasteiger partial charge in [-0.3, -0.25) is 0 Å². The van der Waals surface area contributed by atoms with E-state index in [9.17, 15) is 19.2 Å². The van der Waals surface area contributed by atoms with Crippen LogP contribution in [0, 0.1) is 0 Å². The van der Waals surface area contributed by atoms with Crippen molar-refractivity contribution in [1.82, 2.24) is 0 Å². The van der Waals surface area contributed by atoms with E-state index in [0.29, 0.717) is 19.8 Å². The highest BCUT2D eigenvalue weighted by atomic mass is 16.7. The van der Waals surface area contributed by atoms with Gasteiger partial charge in [0.25, 0.3) is 0 Å². The van der Waals surface area contributed by atoms with Crippen LogP contribution in [-0.4, -0.2) is 94.2 Å². The van der Waals surface area contributed by atoms with Crippen LogP contribution in [0.4, 0.5) is 0 Å². The third-order valence-corrected chi connectivity index (χ3v) is 7.97. The molecule has 12 nitrogen and oxygen atoms in total. The van der Waals surface area contributed by atoms with Crippen LogP contribution in [0.15, 0.2) is 121 Å². The number of benzene rings is 4. The molecule has 0 spiro atoms. The normalized spacial score (nSPS) is 19.5. The summed E-state index contributed by atoms with van der Waals surface area (Å²) in [5.74, 6) is -3.03. The van der Waals surface area contributed by atoms with Gasteiger partial charge in [0.05, 0.1) is 48.7 Å². The number of hydrogen-bond acceptors (Lipinski definition) is 12. The minimum absolute atomic E-state index is 0.0395. The standard InChI is InChI=1S/C41H42O12/c1-2-23-46-24-25-47-26-27-48-41-36(53-40(45)32-21-13-6-14-22-32)35(52-39(44)31-19-11-5-12-20-31)34(51-38(43)30-17-9-4-10-18-30)33(50-41)28-49-37(42)29-15-7-3-8-16-29/h3-22,33-36,41H,2,23-28H2,1H3/t33?,34-,35?,36?,41+/m1/s1. The number of rotatable bonds is 18. The van der Waals surface area contributed by atoms with Gasteiger partial charge in [0.2, 0.25) is 0 Å². The predicted molar refractivity (Wildman–Crippen MR) is 190 cm³/mol. The second kappa shape index (κ2) is 20.6. The lowest BCUT2D eigenvalue weighted by Crippen LogP contribution is -2.63. The molecule has 0 amide bonds. The monoisotopic (exact) mass is 726 g/mol. The summed E-state index contributed by atoms with van der Waals surface area (Å²) in [4.78, 5) is 53.9. The fourth-order valence-electron chi connectivity index (χ4n) is 5.35. The molecule has 0 bridgehead atoms. The third-order valence-electron chi connectivity index (χ3n) is 7.97. The maximum absolute atomic E-state index is 13.7. The molecule has 0 aliphatic carbocycles. The molecule has 1 aliphatic rings. The molecule has 1 fully saturated rings. The molecule has 1 heterocycles. The number of carbonyl (C=O) groups is 4. The molecular formula is C41H42O12. The summed E-state index contributed by atoms with van der Waals surface area (Å²) in [5, 5.41) is 0. The Morgan fingerprint density at radius 1 is 0.491 bits per heavy atom. The fourth-order valence-corrected chi connectivity index (χ4v) is 5.35. The molecule has 0 radical (unpaired) electrons. The van der Waals surface area contributed by atoms with Crippen LogP contribution in [0.5, 0.6) is 0 Å². The Bertz CT molecular complexity index is 1720. The minimum Gasteiger partial charge on any atom is -0.459 e. The lowest BCUT2D eigenvalue weighted by atomic mass is 9.97. The zero-order chi connectivity index (χ0) is 37.3. The molecule has 5 atom stereocenters. The zero-order valence-electron chi connectivity index (χ0n) is 29.3. The first-order valence-corrected chi connectivity index (χ1v) is 17.4. The summed E-state index contributed by atoms with van der Waals surface area (Å²) in [7, 11) is 0. The van der Waals surface area contributed by atoms with Crippen molar-refractivity contribution in [2.45, 2.75) is 44.1 Å². The van der Waals surface area contributed by atoms with Crippen molar-refractivity contribution < 1.29 is 57.1 Å². The Morgan fingerprint density at radius 3 is 1.36 bits per heavy atom. The SMILES string of the molecule is CCCOCCOCCO[C@H]1OC(COC(=O)c2ccccc2)[C@@H](OC(=O)c2ccccc2)C(OC(=O)c2ccccc2)C1OC(=O)c1ccccc1. The molecule has 278 valence electrons. The highest BCUT2D eigenvalue weighted by Crippen LogP contribution is 2.32. The van der Waals surface area contributed by atoms with Gasteiger partial charge in [-0.05, 0) is 55.0 Å². The van der Waals surface area contributed by atoms with Crippen molar-refractivity contribution in [3.05, 3.63) is 144 Å². The summed E-state index contributed by atoms with van der Waals surface area (Å²) in [6.07, 6.45) is -6.22. The number of carbonyl (C=O) groups excluding carboxylic acids is 4. The van der Waals surface area contributed by atoms with Gasteiger partial charge in [-0.1, -0.05) is 79.7 Å². The molecule has 0 aromatic heterocycles. The summed E-state index contributed by atoms with van der Waals surface area (Å²) in [6, 6.07) is 32.8. The number of esters is 4. The fraction of sp³-hybridized carbons (Fsp3) is 0.317. The molecule has 0 N–H and O–H groups in total. The van der Waals surface area contributed by atoms with Crippen LogP contribution in [-0.2, 0) is 37.9 Å². The summed E-state index contributed by atoms with van der Waals surface area (Å²) in [6.45, 7) is 2.95. The second-order valence-electron chi connectivity index (χ2n) is 11.8. The van der Waals surface area contributed by atoms with Gasteiger partial charge in [-0.25, -0.2) is 19.2 Å². The van der Waals surface area contributed by atoms with Crippen molar-refractivity contribution in [1.29, 1.82) is 0 Å². The summed E-state index contributed by atoms with van der Waals surface area (Å²) in [5.41, 5.74) is 0.850. The molecule has 3 unspecified atom stereocenters. The molecule has 0 saturated carbocycles. The van der Waals surface area contributed by atoms with Crippen LogP contribution in [0.3, 0.4) is 0 Å². The Balaban J connectivity index is 1.48. The van der Waals surface area contributed by atoms with E-state index in [1.165, 1.54) is 0 Å². The van der Waals surface area contributed by atoms with Crippen molar-refractivity contribution in [2.24, 2.45) is 0 Å². The maximum atomic E-state index is 13.7. The van der Waals surface area contributed by atoms with Crippen LogP contribution >= 0.6 is 0 Å². The van der Waals surface area contributed by atoms with Gasteiger partial charge in [-0.15, -0.1) is 0 Å². The van der Waals surface area contributed by atoms with E-state index in [2.05, 4.69) is 0 Å². The molecule has 1 saturated heterocycles. The first-order chi connectivity index (χ1) is 25.9. The van der Waals surface area contributed by atoms with E-state index in [0.717, 1.165) is 6.42 Å². The van der Waals surface area contributed by atoms with Crippen LogP contribution in [0.1, 0.15) is 54.8 Å². The van der Waals surface area contributed by atoms with E-state index in [1.54, 1.807) is 121 Å². The van der Waals surface area contributed by atoms with Crippen molar-refractivity contribution in [3.8, 4) is 0 Å². The number of hydrogen-bond donors (Lipinski definition) is 0. The lowest BCUT2D eigenvalue weighted by Gasteiger charge is -2.44. The molecule has 12 heteroatoms. The molecule has 1 aliphatic heterocycles. The molecule has 4 aromatic rings. The van der Waals surface area contributed by atoms with Gasteiger partial charge in [-0.2, -0.15) is 0 Å². The van der Waals surface area contributed by atoms with Gasteiger partial charge in [0.1, 0.15) is 12.7 Å². The quantitative estimate of drug-likeness (QED) is 0.0705.